The number of hydrogen-bond acceptors (Lipinski definition) is 4. The topological polar surface area (TPSA) is 79.9 Å². The Kier molecular flexibility index (Phi) is 7.36. The number of rotatable bonds is 7. The molecule has 0 aromatic heterocycles. The molecule has 1 aliphatic rings. The Morgan fingerprint density at radius 3 is 2.61 bits per heavy atom. The zero-order valence-corrected chi connectivity index (χ0v) is 15.8. The van der Waals surface area contributed by atoms with Crippen LogP contribution in [-0.2, 0) is 11.2 Å². The first-order valence-corrected chi connectivity index (χ1v) is 8.85. The van der Waals surface area contributed by atoms with Gasteiger partial charge in [0.25, 0.3) is 0 Å². The van der Waals surface area contributed by atoms with E-state index < -0.39 is 30.7 Å². The van der Waals surface area contributed by atoms with Crippen molar-refractivity contribution in [2.75, 3.05) is 33.9 Å². The van der Waals surface area contributed by atoms with Crippen molar-refractivity contribution in [3.63, 3.8) is 0 Å². The van der Waals surface area contributed by atoms with Crippen molar-refractivity contribution in [3.05, 3.63) is 23.8 Å². The van der Waals surface area contributed by atoms with E-state index in [1.54, 1.807) is 25.3 Å². The average Bonchev–Trinajstić information content (AvgIpc) is 3.15. The number of alkyl halides is 3. The molecule has 7 nitrogen and oxygen atoms in total. The first kappa shape index (κ1) is 21.6. The number of nitrogens with zero attached hydrogens (tertiary/aromatic N) is 1. The van der Waals surface area contributed by atoms with E-state index in [1.807, 2.05) is 5.32 Å². The summed E-state index contributed by atoms with van der Waals surface area (Å²) in [6, 6.07) is 3.95. The maximum absolute atomic E-state index is 12.4. The molecule has 1 atom stereocenters. The van der Waals surface area contributed by atoms with Crippen molar-refractivity contribution in [3.8, 4) is 11.5 Å². The fraction of sp³-hybridized carbons (Fsp3) is 0.556. The Hall–Kier alpha value is -2.65. The molecule has 1 fully saturated rings. The highest BCUT2D eigenvalue weighted by Gasteiger charge is 2.36. The molecule has 1 heterocycles. The number of ether oxygens (including phenoxy) is 2. The van der Waals surface area contributed by atoms with Gasteiger partial charge in [-0.1, -0.05) is 0 Å². The van der Waals surface area contributed by atoms with Gasteiger partial charge >= 0.3 is 12.2 Å². The zero-order valence-electron chi connectivity index (χ0n) is 15.8. The summed E-state index contributed by atoms with van der Waals surface area (Å²) in [6.45, 7) is -0.818. The quantitative estimate of drug-likeness (QED) is 0.731. The van der Waals surface area contributed by atoms with Crippen LogP contribution in [0.4, 0.5) is 18.0 Å². The van der Waals surface area contributed by atoms with Crippen molar-refractivity contribution < 1.29 is 32.2 Å². The largest absolute Gasteiger partial charge is 0.497 e. The smallest absolute Gasteiger partial charge is 0.405 e. The van der Waals surface area contributed by atoms with Crippen LogP contribution in [0.15, 0.2) is 18.2 Å². The van der Waals surface area contributed by atoms with Crippen LogP contribution >= 0.6 is 0 Å². The second-order valence-electron chi connectivity index (χ2n) is 6.34. The Morgan fingerprint density at radius 2 is 1.96 bits per heavy atom. The van der Waals surface area contributed by atoms with E-state index in [1.165, 1.54) is 12.0 Å². The first-order chi connectivity index (χ1) is 13.2. The number of carbonyl (C=O) groups is 2. The van der Waals surface area contributed by atoms with Gasteiger partial charge < -0.3 is 25.0 Å². The van der Waals surface area contributed by atoms with Crippen LogP contribution in [0.25, 0.3) is 0 Å². The maximum atomic E-state index is 12.4. The number of nitrogens with one attached hydrogen (secondary N) is 2. The summed E-state index contributed by atoms with van der Waals surface area (Å²) in [5, 5.41) is 4.55. The molecule has 1 aromatic rings. The summed E-state index contributed by atoms with van der Waals surface area (Å²) in [7, 11) is 3.09. The third-order valence-electron chi connectivity index (χ3n) is 4.44. The molecule has 10 heteroatoms. The van der Waals surface area contributed by atoms with E-state index in [2.05, 4.69) is 5.32 Å². The molecule has 0 aliphatic carbocycles. The zero-order chi connectivity index (χ0) is 20.7. The Labute approximate surface area is 161 Å². The summed E-state index contributed by atoms with van der Waals surface area (Å²) in [5.41, 5.74) is 0.836. The number of urea groups is 1. The van der Waals surface area contributed by atoms with E-state index in [4.69, 9.17) is 9.47 Å². The number of carbonyl (C=O) groups excluding carboxylic acids is 2. The van der Waals surface area contributed by atoms with E-state index in [9.17, 15) is 22.8 Å². The van der Waals surface area contributed by atoms with E-state index >= 15 is 0 Å². The molecule has 0 radical (unpaired) electrons. The molecule has 1 unspecified atom stereocenters. The number of likely N-dealkylation sites (tertiary alicyclic amines) is 1. The van der Waals surface area contributed by atoms with Gasteiger partial charge in [0.15, 0.2) is 0 Å². The lowest BCUT2D eigenvalue weighted by Crippen LogP contribution is -2.51. The molecule has 28 heavy (non-hydrogen) atoms. The van der Waals surface area contributed by atoms with Crippen molar-refractivity contribution in [1.82, 2.24) is 15.5 Å². The highest BCUT2D eigenvalue weighted by Crippen LogP contribution is 2.24. The fourth-order valence-corrected chi connectivity index (χ4v) is 3.07. The lowest BCUT2D eigenvalue weighted by atomic mass is 10.1. The van der Waals surface area contributed by atoms with Gasteiger partial charge in [0.05, 0.1) is 14.2 Å². The highest BCUT2D eigenvalue weighted by molar-refractivity contribution is 5.87. The summed E-state index contributed by atoms with van der Waals surface area (Å²) in [4.78, 5) is 25.7. The highest BCUT2D eigenvalue weighted by atomic mass is 19.4. The Balaban J connectivity index is 1.89. The van der Waals surface area contributed by atoms with Crippen molar-refractivity contribution in [2.24, 2.45) is 0 Å². The molecule has 0 spiro atoms. The molecule has 1 saturated heterocycles. The Morgan fingerprint density at radius 1 is 1.21 bits per heavy atom. The fourth-order valence-electron chi connectivity index (χ4n) is 3.07. The van der Waals surface area contributed by atoms with Crippen LogP contribution in [0.2, 0.25) is 0 Å². The van der Waals surface area contributed by atoms with Crippen LogP contribution in [-0.4, -0.2) is 62.9 Å². The minimum absolute atomic E-state index is 0.274. The summed E-state index contributed by atoms with van der Waals surface area (Å²) in [5.74, 6) is 0.517. The van der Waals surface area contributed by atoms with Gasteiger partial charge in [-0.3, -0.25) is 4.79 Å². The van der Waals surface area contributed by atoms with Gasteiger partial charge in [-0.05, 0) is 43.0 Å². The van der Waals surface area contributed by atoms with Gasteiger partial charge in [-0.2, -0.15) is 13.2 Å². The number of benzene rings is 1. The third-order valence-corrected chi connectivity index (χ3v) is 4.44. The maximum Gasteiger partial charge on any atom is 0.405 e. The molecule has 1 aliphatic heterocycles. The molecule has 3 amide bonds. The molecule has 1 aromatic carbocycles. The molecule has 0 saturated carbocycles. The van der Waals surface area contributed by atoms with Crippen molar-refractivity contribution in [1.29, 1.82) is 0 Å². The van der Waals surface area contributed by atoms with Gasteiger partial charge in [0, 0.05) is 13.1 Å². The number of hydrogen-bond donors (Lipinski definition) is 2. The van der Waals surface area contributed by atoms with Crippen LogP contribution in [0, 0.1) is 0 Å². The van der Waals surface area contributed by atoms with Crippen LogP contribution in [0.1, 0.15) is 18.4 Å². The third kappa shape index (κ3) is 5.93. The van der Waals surface area contributed by atoms with E-state index in [0.29, 0.717) is 37.3 Å². The van der Waals surface area contributed by atoms with Crippen LogP contribution < -0.4 is 20.1 Å². The summed E-state index contributed by atoms with van der Waals surface area (Å²) < 4.78 is 47.3. The van der Waals surface area contributed by atoms with Gasteiger partial charge in [-0.25, -0.2) is 4.79 Å². The minimum atomic E-state index is -4.49. The van der Waals surface area contributed by atoms with E-state index in [-0.39, 0.29) is 6.54 Å². The van der Waals surface area contributed by atoms with Gasteiger partial charge in [0.2, 0.25) is 5.91 Å². The van der Waals surface area contributed by atoms with Crippen LogP contribution in [0.3, 0.4) is 0 Å². The second kappa shape index (κ2) is 9.52. The first-order valence-electron chi connectivity index (χ1n) is 8.85. The standard InChI is InChI=1S/C18H24F3N3O4/c1-27-13-5-6-15(28-2)12(10-13)7-8-22-17(26)24-9-3-4-14(24)16(25)23-11-18(19,20)21/h5-6,10,14H,3-4,7-9,11H2,1-2H3,(H,22,26)(H,23,25). The number of amides is 3. The predicted octanol–water partition coefficient (Wildman–Crippen LogP) is 2.10. The lowest BCUT2D eigenvalue weighted by molar-refractivity contribution is -0.140. The molecule has 2 N–H and O–H groups in total. The molecular weight excluding hydrogens is 379 g/mol. The summed E-state index contributed by atoms with van der Waals surface area (Å²) in [6.07, 6.45) is -3.13. The van der Waals surface area contributed by atoms with Crippen molar-refractivity contribution >= 4 is 11.9 Å². The molecular formula is C18H24F3N3O4. The SMILES string of the molecule is COc1ccc(OC)c(CCNC(=O)N2CCCC2C(=O)NCC(F)(F)F)c1. The number of methoxy groups -OCH3 is 2. The lowest BCUT2D eigenvalue weighted by Gasteiger charge is -2.24. The number of halogens is 3. The average molecular weight is 403 g/mol. The van der Waals surface area contributed by atoms with Gasteiger partial charge in [-0.15, -0.1) is 0 Å². The normalized spacial score (nSPS) is 16.6. The minimum Gasteiger partial charge on any atom is -0.497 e. The van der Waals surface area contributed by atoms with Crippen LogP contribution in [0.5, 0.6) is 11.5 Å². The monoisotopic (exact) mass is 403 g/mol. The Bertz CT molecular complexity index is 697. The second-order valence-corrected chi connectivity index (χ2v) is 6.34. The predicted molar refractivity (Wildman–Crippen MR) is 95.4 cm³/mol. The van der Waals surface area contributed by atoms with Crippen molar-refractivity contribution in [2.45, 2.75) is 31.5 Å². The van der Waals surface area contributed by atoms with Gasteiger partial charge in [0.1, 0.15) is 24.1 Å². The molecule has 0 bridgehead atoms. The van der Waals surface area contributed by atoms with E-state index in [0.717, 1.165) is 5.56 Å². The molecule has 2 rings (SSSR count). The summed E-state index contributed by atoms with van der Waals surface area (Å²) >= 11 is 0. The molecule has 156 valence electrons.